The van der Waals surface area contributed by atoms with Gasteiger partial charge in [0, 0.05) is 26.7 Å². The van der Waals surface area contributed by atoms with Crippen LogP contribution in [0.1, 0.15) is 24.0 Å². The van der Waals surface area contributed by atoms with E-state index in [0.717, 1.165) is 50.6 Å². The van der Waals surface area contributed by atoms with E-state index in [-0.39, 0.29) is 35.9 Å². The van der Waals surface area contributed by atoms with E-state index in [1.165, 1.54) is 18.2 Å². The number of piperidine rings is 1. The second kappa shape index (κ2) is 11.3. The Morgan fingerprint density at radius 2 is 2.00 bits per heavy atom. The third-order valence-electron chi connectivity index (χ3n) is 4.65. The number of aryl methyl sites for hydroxylation is 1. The van der Waals surface area contributed by atoms with E-state index in [2.05, 4.69) is 34.3 Å². The minimum Gasteiger partial charge on any atom is -0.496 e. The number of halogens is 1. The molecule has 1 saturated heterocycles. The number of esters is 1. The Balaban J connectivity index is 0.00000338. The molecule has 1 aliphatic heterocycles. The molecule has 146 valence electrons. The number of ether oxygens (including phenoxy) is 2. The number of carbonyl (C=O) groups is 1. The summed E-state index contributed by atoms with van der Waals surface area (Å²) in [6, 6.07) is 6.22. The molecular weight excluding hydrogens is 445 g/mol. The molecule has 1 aromatic rings. The maximum absolute atomic E-state index is 11.6. The normalized spacial score (nSPS) is 15.2. The molecule has 0 aromatic heterocycles. The average molecular weight is 475 g/mol. The molecule has 0 radical (unpaired) electrons. The fraction of sp³-hybridized carbons (Fsp3) is 0.579. The number of hydrogen-bond donors (Lipinski definition) is 1. The van der Waals surface area contributed by atoms with E-state index < -0.39 is 0 Å². The Bertz CT molecular complexity index is 614. The average Bonchev–Trinajstić information content (AvgIpc) is 2.65. The number of rotatable bonds is 5. The Hall–Kier alpha value is -1.51. The molecule has 26 heavy (non-hydrogen) atoms. The lowest BCUT2D eigenvalue weighted by atomic mass is 9.97. The fourth-order valence-corrected chi connectivity index (χ4v) is 3.24. The molecule has 0 unspecified atom stereocenters. The van der Waals surface area contributed by atoms with Crippen LogP contribution in [0.2, 0.25) is 0 Å². The Morgan fingerprint density at radius 3 is 2.58 bits per heavy atom. The predicted octanol–water partition coefficient (Wildman–Crippen LogP) is 2.62. The zero-order valence-corrected chi connectivity index (χ0v) is 18.4. The van der Waals surface area contributed by atoms with Gasteiger partial charge in [0.05, 0.1) is 20.1 Å². The molecule has 1 heterocycles. The van der Waals surface area contributed by atoms with Crippen molar-refractivity contribution in [1.29, 1.82) is 0 Å². The first-order valence-corrected chi connectivity index (χ1v) is 8.76. The minimum atomic E-state index is -0.103. The van der Waals surface area contributed by atoms with Crippen molar-refractivity contribution in [3.8, 4) is 5.75 Å². The van der Waals surface area contributed by atoms with E-state index in [9.17, 15) is 4.79 Å². The zero-order chi connectivity index (χ0) is 18.2. The molecule has 1 aliphatic rings. The lowest BCUT2D eigenvalue weighted by molar-refractivity contribution is -0.146. The van der Waals surface area contributed by atoms with Gasteiger partial charge in [0.25, 0.3) is 0 Å². The molecular formula is C19H30IN3O3. The molecule has 1 aromatic carbocycles. The van der Waals surface area contributed by atoms with Crippen LogP contribution in [0.25, 0.3) is 0 Å². The number of likely N-dealkylation sites (tertiary alicyclic amines) is 1. The molecule has 0 aliphatic carbocycles. The standard InChI is InChI=1S/C19H29N3O3.HI/c1-14-5-6-17(24-3)16(13-14)7-10-21-19(20-2)22-11-8-15(9-12-22)18(23)25-4;/h5-6,13,15H,7-12H2,1-4H3,(H,20,21);1H. The highest BCUT2D eigenvalue weighted by Crippen LogP contribution is 2.20. The molecule has 6 nitrogen and oxygen atoms in total. The van der Waals surface area contributed by atoms with Crippen LogP contribution in [0.15, 0.2) is 23.2 Å². The molecule has 1 fully saturated rings. The van der Waals surface area contributed by atoms with Crippen LogP contribution in [0.5, 0.6) is 5.75 Å². The van der Waals surface area contributed by atoms with Crippen molar-refractivity contribution in [2.75, 3.05) is 40.9 Å². The number of hydrogen-bond acceptors (Lipinski definition) is 4. The highest BCUT2D eigenvalue weighted by Gasteiger charge is 2.26. The van der Waals surface area contributed by atoms with Gasteiger partial charge in [-0.05, 0) is 37.8 Å². The smallest absolute Gasteiger partial charge is 0.308 e. The van der Waals surface area contributed by atoms with Crippen LogP contribution in [0, 0.1) is 12.8 Å². The predicted molar refractivity (Wildman–Crippen MR) is 115 cm³/mol. The van der Waals surface area contributed by atoms with Crippen LogP contribution in [0.4, 0.5) is 0 Å². The van der Waals surface area contributed by atoms with Crippen molar-refractivity contribution in [2.45, 2.75) is 26.2 Å². The van der Waals surface area contributed by atoms with Gasteiger partial charge in [-0.2, -0.15) is 0 Å². The van der Waals surface area contributed by atoms with Crippen molar-refractivity contribution in [1.82, 2.24) is 10.2 Å². The highest BCUT2D eigenvalue weighted by atomic mass is 127. The molecule has 0 amide bonds. The largest absolute Gasteiger partial charge is 0.496 e. The summed E-state index contributed by atoms with van der Waals surface area (Å²) >= 11 is 0. The molecule has 0 bridgehead atoms. The maximum Gasteiger partial charge on any atom is 0.308 e. The number of nitrogens with zero attached hydrogens (tertiary/aromatic N) is 2. The van der Waals surface area contributed by atoms with Gasteiger partial charge >= 0.3 is 5.97 Å². The summed E-state index contributed by atoms with van der Waals surface area (Å²) in [4.78, 5) is 18.2. The summed E-state index contributed by atoms with van der Waals surface area (Å²) in [7, 11) is 4.95. The summed E-state index contributed by atoms with van der Waals surface area (Å²) < 4.78 is 10.3. The SMILES string of the molecule is CN=C(NCCc1cc(C)ccc1OC)N1CCC(C(=O)OC)CC1.I. The lowest BCUT2D eigenvalue weighted by Crippen LogP contribution is -2.47. The van der Waals surface area contributed by atoms with Crippen LogP contribution in [-0.4, -0.2) is 57.7 Å². The number of guanidine groups is 1. The first-order valence-electron chi connectivity index (χ1n) is 8.76. The minimum absolute atomic E-state index is 0. The van der Waals surface area contributed by atoms with Crippen LogP contribution in [0.3, 0.4) is 0 Å². The van der Waals surface area contributed by atoms with E-state index in [4.69, 9.17) is 9.47 Å². The molecule has 2 rings (SSSR count). The topological polar surface area (TPSA) is 63.2 Å². The second-order valence-electron chi connectivity index (χ2n) is 6.32. The Morgan fingerprint density at radius 1 is 1.31 bits per heavy atom. The maximum atomic E-state index is 11.6. The molecule has 0 saturated carbocycles. The molecule has 1 N–H and O–H groups in total. The fourth-order valence-electron chi connectivity index (χ4n) is 3.24. The summed E-state index contributed by atoms with van der Waals surface area (Å²) in [5, 5.41) is 3.42. The van der Waals surface area contributed by atoms with Crippen molar-refractivity contribution in [3.63, 3.8) is 0 Å². The number of benzene rings is 1. The number of nitrogens with one attached hydrogen (secondary N) is 1. The highest BCUT2D eigenvalue weighted by molar-refractivity contribution is 14.0. The summed E-state index contributed by atoms with van der Waals surface area (Å²) in [5.74, 6) is 1.71. The number of aliphatic imine (C=N–C) groups is 1. The summed E-state index contributed by atoms with van der Waals surface area (Å²) in [5.41, 5.74) is 2.42. The van der Waals surface area contributed by atoms with Crippen LogP contribution < -0.4 is 10.1 Å². The number of carbonyl (C=O) groups excluding carboxylic acids is 1. The monoisotopic (exact) mass is 475 g/mol. The molecule has 0 atom stereocenters. The van der Waals surface area contributed by atoms with Crippen molar-refractivity contribution < 1.29 is 14.3 Å². The van der Waals surface area contributed by atoms with Crippen LogP contribution >= 0.6 is 24.0 Å². The molecule has 0 spiro atoms. The summed E-state index contributed by atoms with van der Waals surface area (Å²) in [6.45, 7) is 4.49. The zero-order valence-electron chi connectivity index (χ0n) is 16.1. The third kappa shape index (κ3) is 6.03. The van der Waals surface area contributed by atoms with Gasteiger partial charge in [0.2, 0.25) is 0 Å². The lowest BCUT2D eigenvalue weighted by Gasteiger charge is -2.33. The second-order valence-corrected chi connectivity index (χ2v) is 6.32. The first kappa shape index (κ1) is 22.5. The van der Waals surface area contributed by atoms with E-state index in [0.29, 0.717) is 0 Å². The quantitative estimate of drug-likeness (QED) is 0.307. The number of methoxy groups -OCH3 is 2. The van der Waals surface area contributed by atoms with Gasteiger partial charge in [0.1, 0.15) is 5.75 Å². The van der Waals surface area contributed by atoms with E-state index >= 15 is 0 Å². The van der Waals surface area contributed by atoms with E-state index in [1.807, 2.05) is 6.07 Å². The molecule has 7 heteroatoms. The Labute approximate surface area is 173 Å². The van der Waals surface area contributed by atoms with Crippen LogP contribution in [-0.2, 0) is 16.0 Å². The van der Waals surface area contributed by atoms with Gasteiger partial charge in [-0.3, -0.25) is 9.79 Å². The van der Waals surface area contributed by atoms with Gasteiger partial charge in [-0.15, -0.1) is 24.0 Å². The van der Waals surface area contributed by atoms with Gasteiger partial charge < -0.3 is 19.7 Å². The third-order valence-corrected chi connectivity index (χ3v) is 4.65. The van der Waals surface area contributed by atoms with Gasteiger partial charge in [0.15, 0.2) is 5.96 Å². The van der Waals surface area contributed by atoms with Crippen molar-refractivity contribution in [3.05, 3.63) is 29.3 Å². The van der Waals surface area contributed by atoms with Crippen molar-refractivity contribution >= 4 is 35.9 Å². The first-order chi connectivity index (χ1) is 12.1. The van der Waals surface area contributed by atoms with Gasteiger partial charge in [-0.25, -0.2) is 0 Å². The Kier molecular flexibility index (Phi) is 9.75. The summed E-state index contributed by atoms with van der Waals surface area (Å²) in [6.07, 6.45) is 2.47. The van der Waals surface area contributed by atoms with Crippen molar-refractivity contribution in [2.24, 2.45) is 10.9 Å². The van der Waals surface area contributed by atoms with Gasteiger partial charge in [-0.1, -0.05) is 17.7 Å². The van der Waals surface area contributed by atoms with E-state index in [1.54, 1.807) is 14.2 Å².